The molecule has 4 rings (SSSR count). The van der Waals surface area contributed by atoms with Crippen LogP contribution in [0.2, 0.25) is 5.02 Å². The van der Waals surface area contributed by atoms with Crippen molar-refractivity contribution in [3.05, 3.63) is 99.8 Å². The quantitative estimate of drug-likeness (QED) is 0.389. The molecule has 0 aromatic heterocycles. The van der Waals surface area contributed by atoms with E-state index in [4.69, 9.17) is 16.3 Å². The predicted octanol–water partition coefficient (Wildman–Crippen LogP) is 5.33. The Bertz CT molecular complexity index is 1290. The highest BCUT2D eigenvalue weighted by Crippen LogP contribution is 2.26. The van der Waals surface area contributed by atoms with E-state index in [0.29, 0.717) is 30.2 Å². The van der Waals surface area contributed by atoms with Crippen LogP contribution in [0.4, 0.5) is 13.2 Å². The van der Waals surface area contributed by atoms with Gasteiger partial charge in [0.05, 0.1) is 12.7 Å². The molecule has 1 aliphatic heterocycles. The van der Waals surface area contributed by atoms with E-state index in [1.165, 1.54) is 34.6 Å². The van der Waals surface area contributed by atoms with Crippen molar-refractivity contribution >= 4 is 21.6 Å². The molecule has 1 fully saturated rings. The Labute approximate surface area is 214 Å². The van der Waals surface area contributed by atoms with E-state index < -0.39 is 33.6 Å². The molecule has 0 saturated carbocycles. The normalized spacial score (nSPS) is 16.2. The number of hydrogen-bond acceptors (Lipinski definition) is 4. The maximum atomic E-state index is 14.3. The summed E-state index contributed by atoms with van der Waals surface area (Å²) < 4.78 is 75.8. The number of rotatable bonds is 8. The molecule has 10 heteroatoms. The molecule has 0 bridgehead atoms. The van der Waals surface area contributed by atoms with Gasteiger partial charge in [-0.3, -0.25) is 4.90 Å². The van der Waals surface area contributed by atoms with Crippen LogP contribution in [0.1, 0.15) is 22.8 Å². The van der Waals surface area contributed by atoms with Gasteiger partial charge < -0.3 is 4.74 Å². The third-order valence-electron chi connectivity index (χ3n) is 6.19. The van der Waals surface area contributed by atoms with Crippen molar-refractivity contribution in [1.29, 1.82) is 0 Å². The molecule has 1 unspecified atom stereocenters. The van der Waals surface area contributed by atoms with Crippen LogP contribution < -0.4 is 0 Å². The van der Waals surface area contributed by atoms with E-state index in [1.54, 1.807) is 31.2 Å². The first kappa shape index (κ1) is 26.6. The van der Waals surface area contributed by atoms with Crippen molar-refractivity contribution < 1.29 is 26.3 Å². The zero-order chi connectivity index (χ0) is 25.9. The molecule has 0 N–H and O–H groups in total. The molecule has 1 atom stereocenters. The summed E-state index contributed by atoms with van der Waals surface area (Å²) in [7, 11) is -3.98. The summed E-state index contributed by atoms with van der Waals surface area (Å²) in [4.78, 5) is 1.68. The molecule has 0 aliphatic carbocycles. The van der Waals surface area contributed by atoms with E-state index in [1.807, 2.05) is 4.90 Å². The second-order valence-corrected chi connectivity index (χ2v) is 11.0. The largest absolute Gasteiger partial charge is 0.367 e. The van der Waals surface area contributed by atoms with Crippen LogP contribution in [0.15, 0.2) is 65.6 Å². The molecule has 3 aromatic rings. The van der Waals surface area contributed by atoms with Crippen molar-refractivity contribution in [2.75, 3.05) is 32.7 Å². The van der Waals surface area contributed by atoms with Crippen LogP contribution in [0.5, 0.6) is 0 Å². The molecule has 3 aromatic carbocycles. The summed E-state index contributed by atoms with van der Waals surface area (Å²) in [6.07, 6.45) is -0.543. The summed E-state index contributed by atoms with van der Waals surface area (Å²) in [5.74, 6) is -2.15. The fourth-order valence-electron chi connectivity index (χ4n) is 4.12. The number of benzene rings is 3. The summed E-state index contributed by atoms with van der Waals surface area (Å²) >= 11 is 6.01. The highest BCUT2D eigenvalue weighted by Gasteiger charge is 2.31. The van der Waals surface area contributed by atoms with Crippen LogP contribution in [0, 0.1) is 24.4 Å². The minimum atomic E-state index is -3.98. The number of hydrogen-bond donors (Lipinski definition) is 0. The molecule has 192 valence electrons. The third kappa shape index (κ3) is 6.10. The van der Waals surface area contributed by atoms with E-state index in [9.17, 15) is 21.6 Å². The van der Waals surface area contributed by atoms with Gasteiger partial charge in [0.1, 0.15) is 22.3 Å². The van der Waals surface area contributed by atoms with Gasteiger partial charge in [0.25, 0.3) is 0 Å². The number of sulfonamides is 1. The summed E-state index contributed by atoms with van der Waals surface area (Å²) in [5.41, 5.74) is 1.27. The molecule has 1 aliphatic rings. The van der Waals surface area contributed by atoms with Gasteiger partial charge in [0, 0.05) is 43.3 Å². The zero-order valence-corrected chi connectivity index (χ0v) is 21.2. The maximum absolute atomic E-state index is 14.3. The Kier molecular flexibility index (Phi) is 8.37. The lowest BCUT2D eigenvalue weighted by molar-refractivity contribution is 0.00546. The molecule has 1 saturated heterocycles. The number of nitrogens with zero attached hydrogens (tertiary/aromatic N) is 2. The summed E-state index contributed by atoms with van der Waals surface area (Å²) in [6.45, 7) is 2.91. The summed E-state index contributed by atoms with van der Waals surface area (Å²) in [5, 5.41) is 0.542. The molecular formula is C26H26ClF3N2O3S. The van der Waals surface area contributed by atoms with Crippen LogP contribution in [0.3, 0.4) is 0 Å². The fraction of sp³-hybridized carbons (Fsp3) is 0.308. The third-order valence-corrected chi connectivity index (χ3v) is 8.36. The molecule has 36 heavy (non-hydrogen) atoms. The predicted molar refractivity (Wildman–Crippen MR) is 132 cm³/mol. The van der Waals surface area contributed by atoms with Gasteiger partial charge in [-0.05, 0) is 54.4 Å². The minimum Gasteiger partial charge on any atom is -0.367 e. The first-order valence-electron chi connectivity index (χ1n) is 11.4. The van der Waals surface area contributed by atoms with Gasteiger partial charge in [-0.15, -0.1) is 0 Å². The molecule has 0 spiro atoms. The van der Waals surface area contributed by atoms with Crippen LogP contribution in [-0.2, 0) is 21.4 Å². The van der Waals surface area contributed by atoms with E-state index in [-0.39, 0.29) is 30.2 Å². The number of ether oxygens (including phenoxy) is 1. The van der Waals surface area contributed by atoms with Gasteiger partial charge in [-0.1, -0.05) is 35.9 Å². The fourth-order valence-corrected chi connectivity index (χ4v) is 5.82. The monoisotopic (exact) mass is 538 g/mol. The molecular weight excluding hydrogens is 513 g/mol. The van der Waals surface area contributed by atoms with E-state index in [2.05, 4.69) is 0 Å². The first-order chi connectivity index (χ1) is 17.1. The SMILES string of the molecule is Cc1ccc(F)c(S(=O)(=O)N2CCN(CC(OCc3c(F)cccc3F)c3ccc(Cl)cc3)CC2)c1. The van der Waals surface area contributed by atoms with Gasteiger partial charge >= 0.3 is 0 Å². The Morgan fingerprint density at radius 3 is 2.19 bits per heavy atom. The Hall–Kier alpha value is -2.43. The topological polar surface area (TPSA) is 49.9 Å². The Morgan fingerprint density at radius 1 is 0.917 bits per heavy atom. The molecule has 0 radical (unpaired) electrons. The maximum Gasteiger partial charge on any atom is 0.246 e. The standard InChI is InChI=1S/C26H26ClF3N2O3S/c1-18-5-10-24(30)26(15-18)36(33,34)32-13-11-31(12-14-32)16-25(19-6-8-20(27)9-7-19)35-17-21-22(28)3-2-4-23(21)29/h2-10,15,25H,11-14,16-17H2,1H3. The molecule has 1 heterocycles. The van der Waals surface area contributed by atoms with Crippen molar-refractivity contribution in [2.45, 2.75) is 24.5 Å². The summed E-state index contributed by atoms with van der Waals surface area (Å²) in [6, 6.07) is 14.6. The van der Waals surface area contributed by atoms with Crippen molar-refractivity contribution in [1.82, 2.24) is 9.21 Å². The lowest BCUT2D eigenvalue weighted by Crippen LogP contribution is -2.49. The number of piperazine rings is 1. The van der Waals surface area contributed by atoms with E-state index >= 15 is 0 Å². The average molecular weight is 539 g/mol. The first-order valence-corrected chi connectivity index (χ1v) is 13.3. The van der Waals surface area contributed by atoms with Gasteiger partial charge in [-0.2, -0.15) is 4.31 Å². The smallest absolute Gasteiger partial charge is 0.246 e. The molecule has 0 amide bonds. The van der Waals surface area contributed by atoms with Crippen molar-refractivity contribution in [3.63, 3.8) is 0 Å². The minimum absolute atomic E-state index is 0.160. The zero-order valence-electron chi connectivity index (χ0n) is 19.6. The highest BCUT2D eigenvalue weighted by molar-refractivity contribution is 7.89. The van der Waals surface area contributed by atoms with Crippen LogP contribution >= 0.6 is 11.6 Å². The van der Waals surface area contributed by atoms with Gasteiger partial charge in [-0.25, -0.2) is 21.6 Å². The van der Waals surface area contributed by atoms with Gasteiger partial charge in [0.15, 0.2) is 0 Å². The highest BCUT2D eigenvalue weighted by atomic mass is 35.5. The Balaban J connectivity index is 1.46. The van der Waals surface area contributed by atoms with Crippen LogP contribution in [-0.4, -0.2) is 50.3 Å². The second kappa shape index (κ2) is 11.3. The number of aryl methyl sites for hydroxylation is 1. The number of halogens is 4. The second-order valence-electron chi connectivity index (χ2n) is 8.69. The van der Waals surface area contributed by atoms with Crippen LogP contribution in [0.25, 0.3) is 0 Å². The average Bonchev–Trinajstić information content (AvgIpc) is 2.85. The van der Waals surface area contributed by atoms with Gasteiger partial charge in [0.2, 0.25) is 10.0 Å². The lowest BCUT2D eigenvalue weighted by Gasteiger charge is -2.36. The van der Waals surface area contributed by atoms with Crippen molar-refractivity contribution in [2.24, 2.45) is 0 Å². The molecule has 5 nitrogen and oxygen atoms in total. The van der Waals surface area contributed by atoms with E-state index in [0.717, 1.165) is 11.6 Å². The van der Waals surface area contributed by atoms with Crippen molar-refractivity contribution in [3.8, 4) is 0 Å². The Morgan fingerprint density at radius 2 is 1.56 bits per heavy atom. The lowest BCUT2D eigenvalue weighted by atomic mass is 10.1.